The Morgan fingerprint density at radius 1 is 1.20 bits per heavy atom. The molecule has 0 saturated carbocycles. The van der Waals surface area contributed by atoms with Crippen molar-refractivity contribution in [1.29, 1.82) is 0 Å². The van der Waals surface area contributed by atoms with Crippen LogP contribution in [0.25, 0.3) is 0 Å². The second-order valence-corrected chi connectivity index (χ2v) is 4.49. The molecule has 0 radical (unpaired) electrons. The molecule has 0 atom stereocenters. The van der Waals surface area contributed by atoms with Gasteiger partial charge in [0.1, 0.15) is 11.2 Å². The maximum atomic E-state index is 8.53. The number of hydrogen-bond acceptors (Lipinski definition) is 4. The van der Waals surface area contributed by atoms with E-state index >= 15 is 0 Å². The van der Waals surface area contributed by atoms with Gasteiger partial charge in [-0.05, 0) is 27.7 Å². The fraction of sp³-hybridized carbons (Fsp3) is 0.727. The van der Waals surface area contributed by atoms with Crippen molar-refractivity contribution in [2.75, 3.05) is 13.2 Å². The van der Waals surface area contributed by atoms with E-state index in [1.165, 1.54) is 0 Å². The van der Waals surface area contributed by atoms with Crippen LogP contribution in [-0.2, 0) is 9.47 Å². The first kappa shape index (κ1) is 12.0. The minimum absolute atomic E-state index is 0.0539. The normalized spacial score (nSPS) is 22.6. The van der Waals surface area contributed by atoms with Gasteiger partial charge >= 0.3 is 0 Å². The van der Waals surface area contributed by atoms with Crippen LogP contribution in [-0.4, -0.2) is 35.7 Å². The minimum atomic E-state index is -0.344. The van der Waals surface area contributed by atoms with Gasteiger partial charge in [0.05, 0.1) is 13.2 Å². The number of allylic oxidation sites excluding steroid dienone is 1. The third kappa shape index (κ3) is 2.72. The number of rotatable bonds is 3. The zero-order chi connectivity index (χ0) is 11.5. The van der Waals surface area contributed by atoms with Crippen LogP contribution in [0.3, 0.4) is 0 Å². The summed E-state index contributed by atoms with van der Waals surface area (Å²) in [5.41, 5.74) is -0.687. The van der Waals surface area contributed by atoms with Gasteiger partial charge in [-0.1, -0.05) is 0 Å². The molecular formula is C11H19NO3. The summed E-state index contributed by atoms with van der Waals surface area (Å²) in [6, 6.07) is 0. The van der Waals surface area contributed by atoms with E-state index in [2.05, 4.69) is 4.99 Å². The number of aliphatic hydroxyl groups is 1. The number of aliphatic imine (C=N–C) groups is 1. The van der Waals surface area contributed by atoms with Crippen molar-refractivity contribution in [3.05, 3.63) is 12.0 Å². The maximum absolute atomic E-state index is 8.53. The third-order valence-electron chi connectivity index (χ3n) is 2.71. The SMILES string of the molecule is CC1(C)OC(=CC=NCCO)OC1(C)C. The van der Waals surface area contributed by atoms with E-state index < -0.39 is 0 Å². The molecule has 0 aromatic heterocycles. The van der Waals surface area contributed by atoms with Crippen molar-refractivity contribution in [2.24, 2.45) is 4.99 Å². The summed E-state index contributed by atoms with van der Waals surface area (Å²) in [7, 11) is 0. The molecule has 4 heteroatoms. The molecule has 0 aromatic rings. The summed E-state index contributed by atoms with van der Waals surface area (Å²) < 4.78 is 11.3. The predicted molar refractivity (Wildman–Crippen MR) is 58.9 cm³/mol. The predicted octanol–water partition coefficient (Wildman–Crippen LogP) is 1.49. The van der Waals surface area contributed by atoms with Crippen LogP contribution in [0.5, 0.6) is 0 Å². The molecule has 1 rings (SSSR count). The highest BCUT2D eigenvalue weighted by Crippen LogP contribution is 2.39. The van der Waals surface area contributed by atoms with Crippen LogP contribution >= 0.6 is 0 Å². The Bertz CT molecular complexity index is 262. The van der Waals surface area contributed by atoms with Crippen LogP contribution in [0, 0.1) is 0 Å². The lowest BCUT2D eigenvalue weighted by Crippen LogP contribution is -2.41. The third-order valence-corrected chi connectivity index (χ3v) is 2.71. The molecule has 86 valence electrons. The molecule has 0 unspecified atom stereocenters. The molecule has 4 nitrogen and oxygen atoms in total. The number of nitrogens with zero attached hydrogens (tertiary/aromatic N) is 1. The topological polar surface area (TPSA) is 51.0 Å². The summed E-state index contributed by atoms with van der Waals surface area (Å²) in [5, 5.41) is 8.53. The highest BCUT2D eigenvalue weighted by atomic mass is 16.7. The van der Waals surface area contributed by atoms with E-state index in [9.17, 15) is 0 Å². The van der Waals surface area contributed by atoms with Crippen molar-refractivity contribution in [1.82, 2.24) is 0 Å². The molecule has 0 amide bonds. The number of aliphatic hydroxyl groups excluding tert-OH is 1. The standard InChI is InChI=1S/C11H19NO3/c1-10(2)11(3,4)15-9(14-10)5-6-12-7-8-13/h5-6,13H,7-8H2,1-4H3. The van der Waals surface area contributed by atoms with Gasteiger partial charge in [-0.25, -0.2) is 0 Å². The van der Waals surface area contributed by atoms with E-state index in [1.54, 1.807) is 12.3 Å². The van der Waals surface area contributed by atoms with Gasteiger partial charge in [-0.2, -0.15) is 0 Å². The Kier molecular flexibility index (Phi) is 3.39. The first-order valence-electron chi connectivity index (χ1n) is 5.08. The van der Waals surface area contributed by atoms with Crippen molar-refractivity contribution in [2.45, 2.75) is 38.9 Å². The number of hydrogen-bond donors (Lipinski definition) is 1. The Hall–Kier alpha value is -1.03. The average Bonchev–Trinajstić information content (AvgIpc) is 2.30. The fourth-order valence-electron chi connectivity index (χ4n) is 1.08. The molecule has 0 bridgehead atoms. The van der Waals surface area contributed by atoms with E-state index in [0.29, 0.717) is 12.5 Å². The monoisotopic (exact) mass is 213 g/mol. The smallest absolute Gasteiger partial charge is 0.282 e. The molecule has 1 heterocycles. The zero-order valence-electron chi connectivity index (χ0n) is 9.78. The van der Waals surface area contributed by atoms with Crippen molar-refractivity contribution in [3.63, 3.8) is 0 Å². The molecule has 1 aliphatic heterocycles. The van der Waals surface area contributed by atoms with Crippen LogP contribution in [0.2, 0.25) is 0 Å². The van der Waals surface area contributed by atoms with Gasteiger partial charge in [-0.15, -0.1) is 0 Å². The van der Waals surface area contributed by atoms with E-state index in [1.807, 2.05) is 27.7 Å². The summed E-state index contributed by atoms with van der Waals surface area (Å²) in [6.45, 7) is 8.39. The van der Waals surface area contributed by atoms with Gasteiger partial charge in [0.2, 0.25) is 0 Å². The van der Waals surface area contributed by atoms with E-state index in [0.717, 1.165) is 0 Å². The van der Waals surface area contributed by atoms with Crippen molar-refractivity contribution in [3.8, 4) is 0 Å². The van der Waals surface area contributed by atoms with Gasteiger partial charge in [0.15, 0.2) is 0 Å². The van der Waals surface area contributed by atoms with Gasteiger partial charge < -0.3 is 14.6 Å². The van der Waals surface area contributed by atoms with Crippen LogP contribution in [0.1, 0.15) is 27.7 Å². The van der Waals surface area contributed by atoms with Crippen LogP contribution in [0.4, 0.5) is 0 Å². The lowest BCUT2D eigenvalue weighted by Gasteiger charge is -2.28. The molecule has 1 fully saturated rings. The summed E-state index contributed by atoms with van der Waals surface area (Å²) in [6.07, 6.45) is 3.26. The van der Waals surface area contributed by atoms with Gasteiger partial charge in [0, 0.05) is 12.3 Å². The van der Waals surface area contributed by atoms with E-state index in [-0.39, 0.29) is 17.8 Å². The second-order valence-electron chi connectivity index (χ2n) is 4.49. The molecule has 1 saturated heterocycles. The van der Waals surface area contributed by atoms with Gasteiger partial charge in [0.25, 0.3) is 5.95 Å². The van der Waals surface area contributed by atoms with E-state index in [4.69, 9.17) is 14.6 Å². The molecule has 0 spiro atoms. The fourth-order valence-corrected chi connectivity index (χ4v) is 1.08. The lowest BCUT2D eigenvalue weighted by atomic mass is 9.90. The Morgan fingerprint density at radius 3 is 2.20 bits per heavy atom. The lowest BCUT2D eigenvalue weighted by molar-refractivity contribution is 0.00578. The molecular weight excluding hydrogens is 194 g/mol. The number of ether oxygens (including phenoxy) is 2. The summed E-state index contributed by atoms with van der Waals surface area (Å²) in [4.78, 5) is 3.94. The maximum Gasteiger partial charge on any atom is 0.282 e. The first-order chi connectivity index (χ1) is 6.89. The largest absolute Gasteiger partial charge is 0.455 e. The quantitative estimate of drug-likeness (QED) is 0.723. The highest BCUT2D eigenvalue weighted by molar-refractivity contribution is 5.71. The van der Waals surface area contributed by atoms with Crippen molar-refractivity contribution < 1.29 is 14.6 Å². The molecule has 15 heavy (non-hydrogen) atoms. The van der Waals surface area contributed by atoms with Crippen molar-refractivity contribution >= 4 is 6.21 Å². The highest BCUT2D eigenvalue weighted by Gasteiger charge is 2.48. The Balaban J connectivity index is 2.62. The summed E-state index contributed by atoms with van der Waals surface area (Å²) in [5.74, 6) is 0.478. The molecule has 0 aliphatic carbocycles. The Labute approximate surface area is 90.6 Å². The molecule has 1 N–H and O–H groups in total. The minimum Gasteiger partial charge on any atom is -0.455 e. The second kappa shape index (κ2) is 4.23. The average molecular weight is 213 g/mol. The summed E-state index contributed by atoms with van der Waals surface area (Å²) >= 11 is 0. The van der Waals surface area contributed by atoms with Crippen LogP contribution in [0.15, 0.2) is 17.0 Å². The Morgan fingerprint density at radius 2 is 1.73 bits per heavy atom. The molecule has 1 aliphatic rings. The van der Waals surface area contributed by atoms with Gasteiger partial charge in [-0.3, -0.25) is 4.99 Å². The zero-order valence-corrected chi connectivity index (χ0v) is 9.78. The van der Waals surface area contributed by atoms with Crippen LogP contribution < -0.4 is 0 Å². The molecule has 0 aromatic carbocycles. The first-order valence-corrected chi connectivity index (χ1v) is 5.08.